The molecule has 1 heterocycles. The van der Waals surface area contributed by atoms with Crippen LogP contribution in [0.5, 0.6) is 5.75 Å². The van der Waals surface area contributed by atoms with Gasteiger partial charge in [-0.1, -0.05) is 19.1 Å². The number of hydrogen-bond acceptors (Lipinski definition) is 4. The fraction of sp³-hybridized carbons (Fsp3) is 0.429. The van der Waals surface area contributed by atoms with Gasteiger partial charge in [0.05, 0.1) is 19.8 Å². The van der Waals surface area contributed by atoms with Crippen LogP contribution in [-0.4, -0.2) is 34.6 Å². The van der Waals surface area contributed by atoms with Crippen molar-refractivity contribution in [2.45, 2.75) is 19.9 Å². The second-order valence-electron chi connectivity index (χ2n) is 4.12. The van der Waals surface area contributed by atoms with Gasteiger partial charge in [-0.15, -0.1) is 0 Å². The maximum Gasteiger partial charge on any atom is 0.137 e. The van der Waals surface area contributed by atoms with Crippen LogP contribution < -0.4 is 4.74 Å². The molecule has 0 aliphatic rings. The van der Waals surface area contributed by atoms with E-state index in [9.17, 15) is 0 Å². The summed E-state index contributed by atoms with van der Waals surface area (Å²) in [5, 5.41) is 4.00. The average molecular weight is 261 g/mol. The molecule has 2 aromatic rings. The highest BCUT2D eigenvalue weighted by atomic mass is 16.5. The van der Waals surface area contributed by atoms with Crippen molar-refractivity contribution in [2.24, 2.45) is 0 Å². The molecule has 0 radical (unpaired) electrons. The van der Waals surface area contributed by atoms with Crippen LogP contribution in [0.1, 0.15) is 12.5 Å². The van der Waals surface area contributed by atoms with E-state index >= 15 is 0 Å². The van der Waals surface area contributed by atoms with Crippen molar-refractivity contribution < 1.29 is 9.47 Å². The number of hydrogen-bond donors (Lipinski definition) is 0. The van der Waals surface area contributed by atoms with Crippen molar-refractivity contribution in [1.82, 2.24) is 14.8 Å². The van der Waals surface area contributed by atoms with Crippen LogP contribution in [0.15, 0.2) is 36.9 Å². The Hall–Kier alpha value is -1.88. The highest BCUT2D eigenvalue weighted by Crippen LogP contribution is 2.13. The average Bonchev–Trinajstić information content (AvgIpc) is 2.96. The summed E-state index contributed by atoms with van der Waals surface area (Å²) in [4.78, 5) is 3.86. The summed E-state index contributed by atoms with van der Waals surface area (Å²) in [6, 6.07) is 8.14. The highest BCUT2D eigenvalue weighted by Gasteiger charge is 1.96. The molecular formula is C14H19N3O2. The molecule has 0 fully saturated rings. The summed E-state index contributed by atoms with van der Waals surface area (Å²) in [6.07, 6.45) is 4.21. The SMILES string of the molecule is CCc1cccc(OCCOCCn2cncn2)c1. The third-order valence-electron chi connectivity index (χ3n) is 2.73. The topological polar surface area (TPSA) is 49.2 Å². The summed E-state index contributed by atoms with van der Waals surface area (Å²) < 4.78 is 12.8. The zero-order chi connectivity index (χ0) is 13.3. The minimum absolute atomic E-state index is 0.560. The van der Waals surface area contributed by atoms with Crippen LogP contribution in [0.2, 0.25) is 0 Å². The summed E-state index contributed by atoms with van der Waals surface area (Å²) in [5.41, 5.74) is 1.28. The summed E-state index contributed by atoms with van der Waals surface area (Å²) >= 11 is 0. The van der Waals surface area contributed by atoms with Gasteiger partial charge < -0.3 is 9.47 Å². The zero-order valence-electron chi connectivity index (χ0n) is 11.2. The first-order valence-corrected chi connectivity index (χ1v) is 6.50. The van der Waals surface area contributed by atoms with E-state index in [4.69, 9.17) is 9.47 Å². The molecule has 5 heteroatoms. The van der Waals surface area contributed by atoms with E-state index in [0.29, 0.717) is 26.4 Å². The monoisotopic (exact) mass is 261 g/mol. The van der Waals surface area contributed by atoms with Crippen LogP contribution >= 0.6 is 0 Å². The smallest absolute Gasteiger partial charge is 0.137 e. The minimum Gasteiger partial charge on any atom is -0.491 e. The lowest BCUT2D eigenvalue weighted by Crippen LogP contribution is -2.11. The van der Waals surface area contributed by atoms with Crippen molar-refractivity contribution in [2.75, 3.05) is 19.8 Å². The molecule has 0 spiro atoms. The van der Waals surface area contributed by atoms with E-state index < -0.39 is 0 Å². The number of aromatic nitrogens is 3. The Morgan fingerprint density at radius 2 is 2.16 bits per heavy atom. The highest BCUT2D eigenvalue weighted by molar-refractivity contribution is 5.28. The molecule has 0 saturated heterocycles. The predicted octanol–water partition coefficient (Wildman–Crippen LogP) is 1.94. The van der Waals surface area contributed by atoms with E-state index in [1.54, 1.807) is 11.0 Å². The summed E-state index contributed by atoms with van der Waals surface area (Å²) in [6.45, 7) is 4.59. The third kappa shape index (κ3) is 4.71. The van der Waals surface area contributed by atoms with E-state index in [1.165, 1.54) is 11.9 Å². The van der Waals surface area contributed by atoms with Crippen LogP contribution in [0.3, 0.4) is 0 Å². The van der Waals surface area contributed by atoms with Gasteiger partial charge in [0.2, 0.25) is 0 Å². The van der Waals surface area contributed by atoms with Crippen molar-refractivity contribution in [3.8, 4) is 5.75 Å². The van der Waals surface area contributed by atoms with Crippen molar-refractivity contribution in [3.05, 3.63) is 42.5 Å². The van der Waals surface area contributed by atoms with Crippen molar-refractivity contribution >= 4 is 0 Å². The van der Waals surface area contributed by atoms with Gasteiger partial charge in [-0.05, 0) is 24.1 Å². The Kier molecular flexibility index (Phi) is 5.37. The molecule has 19 heavy (non-hydrogen) atoms. The van der Waals surface area contributed by atoms with Crippen LogP contribution in [-0.2, 0) is 17.7 Å². The number of ether oxygens (including phenoxy) is 2. The molecule has 1 aromatic heterocycles. The van der Waals surface area contributed by atoms with E-state index in [2.05, 4.69) is 29.1 Å². The zero-order valence-corrected chi connectivity index (χ0v) is 11.2. The maximum atomic E-state index is 5.63. The molecule has 102 valence electrons. The van der Waals surface area contributed by atoms with Gasteiger partial charge in [0.1, 0.15) is 25.0 Å². The fourth-order valence-electron chi connectivity index (χ4n) is 1.68. The van der Waals surface area contributed by atoms with Gasteiger partial charge in [0.15, 0.2) is 0 Å². The van der Waals surface area contributed by atoms with Crippen LogP contribution in [0.4, 0.5) is 0 Å². The maximum absolute atomic E-state index is 5.63. The Morgan fingerprint density at radius 1 is 1.21 bits per heavy atom. The molecule has 0 N–H and O–H groups in total. The molecular weight excluding hydrogens is 242 g/mol. The number of nitrogens with zero attached hydrogens (tertiary/aromatic N) is 3. The van der Waals surface area contributed by atoms with Gasteiger partial charge in [-0.3, -0.25) is 4.68 Å². The van der Waals surface area contributed by atoms with Crippen LogP contribution in [0, 0.1) is 0 Å². The van der Waals surface area contributed by atoms with E-state index in [0.717, 1.165) is 12.2 Å². The Bertz CT molecular complexity index is 471. The summed E-state index contributed by atoms with van der Waals surface area (Å²) in [7, 11) is 0. The molecule has 5 nitrogen and oxygen atoms in total. The van der Waals surface area contributed by atoms with Crippen LogP contribution in [0.25, 0.3) is 0 Å². The first-order chi connectivity index (χ1) is 9.38. The Balaban J connectivity index is 1.58. The fourth-order valence-corrected chi connectivity index (χ4v) is 1.68. The standard InChI is InChI=1S/C14H19N3O2/c1-2-13-4-3-5-14(10-13)19-9-8-18-7-6-17-12-15-11-16-17/h3-5,10-12H,2,6-9H2,1H3. The number of aryl methyl sites for hydroxylation is 1. The van der Waals surface area contributed by atoms with E-state index in [-0.39, 0.29) is 0 Å². The van der Waals surface area contributed by atoms with Gasteiger partial charge in [-0.2, -0.15) is 5.10 Å². The summed E-state index contributed by atoms with van der Waals surface area (Å²) in [5.74, 6) is 0.902. The van der Waals surface area contributed by atoms with Gasteiger partial charge in [0, 0.05) is 0 Å². The quantitative estimate of drug-likeness (QED) is 0.681. The van der Waals surface area contributed by atoms with Gasteiger partial charge in [-0.25, -0.2) is 4.98 Å². The Morgan fingerprint density at radius 3 is 2.95 bits per heavy atom. The lowest BCUT2D eigenvalue weighted by molar-refractivity contribution is 0.0925. The van der Waals surface area contributed by atoms with Gasteiger partial charge >= 0.3 is 0 Å². The molecule has 0 amide bonds. The molecule has 0 unspecified atom stereocenters. The van der Waals surface area contributed by atoms with Crippen molar-refractivity contribution in [3.63, 3.8) is 0 Å². The molecule has 0 atom stereocenters. The molecule has 2 rings (SSSR count). The molecule has 0 aliphatic carbocycles. The number of rotatable bonds is 8. The minimum atomic E-state index is 0.560. The molecule has 0 saturated carbocycles. The third-order valence-corrected chi connectivity index (χ3v) is 2.73. The van der Waals surface area contributed by atoms with Crippen molar-refractivity contribution in [1.29, 1.82) is 0 Å². The van der Waals surface area contributed by atoms with Gasteiger partial charge in [0.25, 0.3) is 0 Å². The first kappa shape index (κ1) is 13.5. The largest absolute Gasteiger partial charge is 0.491 e. The normalized spacial score (nSPS) is 10.6. The Labute approximate surface area is 113 Å². The second kappa shape index (κ2) is 7.53. The first-order valence-electron chi connectivity index (χ1n) is 6.50. The second-order valence-corrected chi connectivity index (χ2v) is 4.12. The predicted molar refractivity (Wildman–Crippen MR) is 72.2 cm³/mol. The molecule has 1 aromatic carbocycles. The molecule has 0 bridgehead atoms. The molecule has 0 aliphatic heterocycles. The lowest BCUT2D eigenvalue weighted by Gasteiger charge is -2.08. The number of benzene rings is 1. The lowest BCUT2D eigenvalue weighted by atomic mass is 10.2. The van der Waals surface area contributed by atoms with E-state index in [1.807, 2.05) is 12.1 Å².